The second-order valence-electron chi connectivity index (χ2n) is 4.39. The number of hydrogen-bond acceptors (Lipinski definition) is 6. The van der Waals surface area contributed by atoms with Crippen LogP contribution in [0.1, 0.15) is 5.76 Å². The Balaban J connectivity index is 2.39. The van der Waals surface area contributed by atoms with Crippen LogP contribution >= 0.6 is 15.9 Å². The molecule has 0 aliphatic heterocycles. The van der Waals surface area contributed by atoms with Gasteiger partial charge in [0.15, 0.2) is 11.6 Å². The Labute approximate surface area is 141 Å². The standard InChI is InChI=1S/C15H15BrN4O3/c1-20(22-2)15(21)11(17)8-12(13-4-3-7-23-13)19-14-6-5-10(16)9-18-14/h3-9H,17H2,1-2H3/b11-8-,19-12?. The van der Waals surface area contributed by atoms with E-state index in [0.717, 1.165) is 9.54 Å². The van der Waals surface area contributed by atoms with E-state index in [9.17, 15) is 4.79 Å². The second kappa shape index (κ2) is 7.70. The highest BCUT2D eigenvalue weighted by Crippen LogP contribution is 2.16. The Morgan fingerprint density at radius 2 is 2.26 bits per heavy atom. The van der Waals surface area contributed by atoms with Crippen molar-refractivity contribution in [2.75, 3.05) is 14.2 Å². The smallest absolute Gasteiger partial charge is 0.293 e. The average molecular weight is 379 g/mol. The summed E-state index contributed by atoms with van der Waals surface area (Å²) in [5.74, 6) is 0.428. The Bertz CT molecular complexity index is 724. The van der Waals surface area contributed by atoms with Gasteiger partial charge >= 0.3 is 0 Å². The molecule has 0 saturated heterocycles. The van der Waals surface area contributed by atoms with Crippen LogP contribution in [0.2, 0.25) is 0 Å². The van der Waals surface area contributed by atoms with E-state index < -0.39 is 5.91 Å². The van der Waals surface area contributed by atoms with Crippen LogP contribution in [0.15, 0.2) is 62.4 Å². The first-order valence-corrected chi connectivity index (χ1v) is 7.34. The van der Waals surface area contributed by atoms with Crippen molar-refractivity contribution in [3.05, 3.63) is 58.7 Å². The number of carbonyl (C=O) groups is 1. The first kappa shape index (κ1) is 16.9. The summed E-state index contributed by atoms with van der Waals surface area (Å²) in [6, 6.07) is 6.96. The molecule has 8 heteroatoms. The molecule has 23 heavy (non-hydrogen) atoms. The van der Waals surface area contributed by atoms with Gasteiger partial charge in [0.1, 0.15) is 11.4 Å². The van der Waals surface area contributed by atoms with Gasteiger partial charge in [0.05, 0.1) is 13.4 Å². The molecule has 2 aromatic heterocycles. The van der Waals surface area contributed by atoms with Gasteiger partial charge in [-0.2, -0.15) is 0 Å². The normalized spacial score (nSPS) is 12.3. The van der Waals surface area contributed by atoms with E-state index in [0.29, 0.717) is 17.3 Å². The molecule has 0 unspecified atom stereocenters. The first-order chi connectivity index (χ1) is 11.0. The third-order valence-electron chi connectivity index (χ3n) is 2.82. The number of amides is 1. The SMILES string of the molecule is CON(C)C(=O)/C(N)=C/C(=Nc1ccc(Br)cn1)c1ccco1. The van der Waals surface area contributed by atoms with E-state index >= 15 is 0 Å². The van der Waals surface area contributed by atoms with Crippen molar-refractivity contribution in [2.24, 2.45) is 10.7 Å². The highest BCUT2D eigenvalue weighted by atomic mass is 79.9. The maximum Gasteiger partial charge on any atom is 0.293 e. The third-order valence-corrected chi connectivity index (χ3v) is 3.29. The summed E-state index contributed by atoms with van der Waals surface area (Å²) in [4.78, 5) is 25.3. The Kier molecular flexibility index (Phi) is 5.67. The number of allylic oxidation sites excluding steroid dienone is 1. The molecule has 0 fully saturated rings. The number of rotatable bonds is 5. The van der Waals surface area contributed by atoms with Crippen LogP contribution in [0.4, 0.5) is 5.82 Å². The maximum atomic E-state index is 12.0. The first-order valence-electron chi connectivity index (χ1n) is 6.54. The summed E-state index contributed by atoms with van der Waals surface area (Å²) in [7, 11) is 2.83. The Morgan fingerprint density at radius 1 is 1.48 bits per heavy atom. The average Bonchev–Trinajstić information content (AvgIpc) is 3.09. The fourth-order valence-electron chi connectivity index (χ4n) is 1.61. The van der Waals surface area contributed by atoms with Gasteiger partial charge in [-0.05, 0) is 46.3 Å². The lowest BCUT2D eigenvalue weighted by atomic mass is 10.2. The van der Waals surface area contributed by atoms with Gasteiger partial charge in [-0.3, -0.25) is 9.63 Å². The molecular formula is C15H15BrN4O3. The number of hydroxylamine groups is 2. The molecule has 0 aromatic carbocycles. The van der Waals surface area contributed by atoms with Gasteiger partial charge in [-0.15, -0.1) is 0 Å². The van der Waals surface area contributed by atoms with Crippen LogP contribution < -0.4 is 5.73 Å². The van der Waals surface area contributed by atoms with Gasteiger partial charge in [-0.1, -0.05) is 0 Å². The van der Waals surface area contributed by atoms with Crippen molar-refractivity contribution in [3.63, 3.8) is 0 Å². The zero-order valence-electron chi connectivity index (χ0n) is 12.6. The molecule has 120 valence electrons. The summed E-state index contributed by atoms with van der Waals surface area (Å²) < 4.78 is 6.17. The van der Waals surface area contributed by atoms with Crippen LogP contribution in [0.25, 0.3) is 0 Å². The van der Waals surface area contributed by atoms with Crippen molar-refractivity contribution < 1.29 is 14.0 Å². The van der Waals surface area contributed by atoms with E-state index in [4.69, 9.17) is 15.0 Å². The second-order valence-corrected chi connectivity index (χ2v) is 5.31. The number of hydrogen-bond donors (Lipinski definition) is 1. The van der Waals surface area contributed by atoms with Crippen molar-refractivity contribution in [3.8, 4) is 0 Å². The topological polar surface area (TPSA) is 94.0 Å². The predicted molar refractivity (Wildman–Crippen MR) is 88.9 cm³/mol. The molecule has 0 saturated carbocycles. The molecule has 1 amide bonds. The van der Waals surface area contributed by atoms with Crippen molar-refractivity contribution in [2.45, 2.75) is 0 Å². The van der Waals surface area contributed by atoms with Gasteiger partial charge in [0.25, 0.3) is 5.91 Å². The molecule has 7 nitrogen and oxygen atoms in total. The Morgan fingerprint density at radius 3 is 2.83 bits per heavy atom. The highest BCUT2D eigenvalue weighted by molar-refractivity contribution is 9.10. The Hall–Kier alpha value is -2.45. The monoisotopic (exact) mass is 378 g/mol. The van der Waals surface area contributed by atoms with Gasteiger partial charge in [0, 0.05) is 17.7 Å². The molecule has 0 aliphatic carbocycles. The third kappa shape index (κ3) is 4.51. The molecule has 0 bridgehead atoms. The van der Waals surface area contributed by atoms with E-state index in [1.165, 1.54) is 26.5 Å². The number of carbonyl (C=O) groups excluding carboxylic acids is 1. The summed E-state index contributed by atoms with van der Waals surface area (Å²) in [5.41, 5.74) is 6.15. The van der Waals surface area contributed by atoms with Crippen molar-refractivity contribution >= 4 is 33.4 Å². The predicted octanol–water partition coefficient (Wildman–Crippen LogP) is 2.42. The number of likely N-dealkylation sites (N-methyl/N-ethyl adjacent to an activating group) is 1. The van der Waals surface area contributed by atoms with Crippen molar-refractivity contribution in [1.29, 1.82) is 0 Å². The maximum absolute atomic E-state index is 12.0. The fraction of sp³-hybridized carbons (Fsp3) is 0.133. The largest absolute Gasteiger partial charge is 0.463 e. The van der Waals surface area contributed by atoms with E-state index in [1.54, 1.807) is 24.4 Å². The minimum Gasteiger partial charge on any atom is -0.463 e. The lowest BCUT2D eigenvalue weighted by Crippen LogP contribution is -2.30. The minimum atomic E-state index is -0.490. The van der Waals surface area contributed by atoms with Crippen LogP contribution in [0, 0.1) is 0 Å². The van der Waals surface area contributed by atoms with E-state index in [2.05, 4.69) is 25.9 Å². The number of furan rings is 1. The summed E-state index contributed by atoms with van der Waals surface area (Å²) in [6.45, 7) is 0. The molecule has 0 spiro atoms. The molecular weight excluding hydrogens is 364 g/mol. The number of aliphatic imine (C=N–C) groups is 1. The van der Waals surface area contributed by atoms with Gasteiger partial charge in [0.2, 0.25) is 0 Å². The number of halogens is 1. The molecule has 0 atom stereocenters. The molecule has 0 aliphatic rings. The highest BCUT2D eigenvalue weighted by Gasteiger charge is 2.14. The van der Waals surface area contributed by atoms with Crippen LogP contribution in [0.5, 0.6) is 0 Å². The summed E-state index contributed by atoms with van der Waals surface area (Å²) >= 11 is 3.31. The molecule has 2 N–H and O–H groups in total. The molecule has 2 heterocycles. The van der Waals surface area contributed by atoms with Gasteiger partial charge in [-0.25, -0.2) is 15.0 Å². The number of nitrogens with zero attached hydrogens (tertiary/aromatic N) is 3. The quantitative estimate of drug-likeness (QED) is 0.489. The van der Waals surface area contributed by atoms with Crippen LogP contribution in [0.3, 0.4) is 0 Å². The zero-order chi connectivity index (χ0) is 16.8. The van der Waals surface area contributed by atoms with Crippen LogP contribution in [-0.4, -0.2) is 35.8 Å². The number of nitrogens with two attached hydrogens (primary N) is 1. The molecule has 2 aromatic rings. The van der Waals surface area contributed by atoms with Gasteiger partial charge < -0.3 is 10.2 Å². The van der Waals surface area contributed by atoms with E-state index in [1.807, 2.05) is 6.07 Å². The number of pyridine rings is 1. The summed E-state index contributed by atoms with van der Waals surface area (Å²) in [5, 5.41) is 1.02. The lowest BCUT2D eigenvalue weighted by Gasteiger charge is -2.13. The minimum absolute atomic E-state index is 0.0402. The fourth-order valence-corrected chi connectivity index (χ4v) is 1.85. The van der Waals surface area contributed by atoms with Crippen molar-refractivity contribution in [1.82, 2.24) is 10.0 Å². The van der Waals surface area contributed by atoms with E-state index in [-0.39, 0.29) is 5.70 Å². The summed E-state index contributed by atoms with van der Waals surface area (Å²) in [6.07, 6.45) is 4.54. The molecule has 0 radical (unpaired) electrons. The van der Waals surface area contributed by atoms with Crippen LogP contribution in [-0.2, 0) is 9.63 Å². The molecule has 2 rings (SSSR count). The number of aromatic nitrogens is 1. The lowest BCUT2D eigenvalue weighted by molar-refractivity contribution is -0.164. The zero-order valence-corrected chi connectivity index (χ0v) is 14.1.